The van der Waals surface area contributed by atoms with Crippen molar-refractivity contribution in [3.8, 4) is 0 Å². The molecule has 0 bridgehead atoms. The molecule has 0 fully saturated rings. The van der Waals surface area contributed by atoms with E-state index in [0.717, 1.165) is 18.7 Å². The van der Waals surface area contributed by atoms with Gasteiger partial charge in [-0.25, -0.2) is 0 Å². The van der Waals surface area contributed by atoms with Crippen LogP contribution >= 0.6 is 7.92 Å². The molecule has 20 heavy (non-hydrogen) atoms. The minimum absolute atomic E-state index is 0.180. The van der Waals surface area contributed by atoms with Gasteiger partial charge in [-0.2, -0.15) is 0 Å². The number of hydrogen-bond donors (Lipinski definition) is 0. The van der Waals surface area contributed by atoms with Gasteiger partial charge in [0.2, 0.25) is 0 Å². The smallest absolute Gasteiger partial charge is 0.254 e. The Morgan fingerprint density at radius 2 is 1.55 bits per heavy atom. The van der Waals surface area contributed by atoms with Crippen LogP contribution in [0.5, 0.6) is 0 Å². The van der Waals surface area contributed by atoms with Crippen molar-refractivity contribution >= 4 is 19.1 Å². The highest BCUT2D eigenvalue weighted by Gasteiger charge is 2.25. The van der Waals surface area contributed by atoms with E-state index < -0.39 is 0 Å². The van der Waals surface area contributed by atoms with Crippen LogP contribution in [0.4, 0.5) is 0 Å². The zero-order valence-electron chi connectivity index (χ0n) is 13.7. The van der Waals surface area contributed by atoms with Gasteiger partial charge >= 0.3 is 0 Å². The summed E-state index contributed by atoms with van der Waals surface area (Å²) in [6.07, 6.45) is 0. The van der Waals surface area contributed by atoms with Crippen LogP contribution in [0.15, 0.2) is 24.3 Å². The Balaban J connectivity index is 3.25. The highest BCUT2D eigenvalue weighted by atomic mass is 31.1. The van der Waals surface area contributed by atoms with Gasteiger partial charge in [0, 0.05) is 18.7 Å². The maximum Gasteiger partial charge on any atom is 0.254 e. The second-order valence-corrected chi connectivity index (χ2v) is 8.95. The van der Waals surface area contributed by atoms with E-state index in [4.69, 9.17) is 0 Å². The third-order valence-corrected chi connectivity index (χ3v) is 6.75. The first-order valence-corrected chi connectivity index (χ1v) is 9.08. The predicted octanol–water partition coefficient (Wildman–Crippen LogP) is 4.09. The second-order valence-electron chi connectivity index (χ2n) is 5.59. The molecular weight excluding hydrogens is 265 g/mol. The van der Waals surface area contributed by atoms with Gasteiger partial charge in [-0.3, -0.25) is 4.79 Å². The lowest BCUT2D eigenvalue weighted by atomic mass is 10.2. The molecule has 0 aromatic heterocycles. The number of rotatable bonds is 6. The molecule has 3 heteroatoms. The van der Waals surface area contributed by atoms with Crippen molar-refractivity contribution < 1.29 is 4.79 Å². The minimum atomic E-state index is -0.309. The van der Waals surface area contributed by atoms with Crippen LogP contribution in [-0.2, 0) is 0 Å². The summed E-state index contributed by atoms with van der Waals surface area (Å²) in [6.45, 7) is 14.7. The Morgan fingerprint density at radius 1 is 1.05 bits per heavy atom. The van der Waals surface area contributed by atoms with Crippen LogP contribution < -0.4 is 5.30 Å². The molecule has 0 saturated carbocycles. The lowest BCUT2D eigenvalue weighted by Gasteiger charge is -2.29. The van der Waals surface area contributed by atoms with E-state index in [1.54, 1.807) is 0 Å². The first-order valence-electron chi connectivity index (χ1n) is 7.60. The van der Waals surface area contributed by atoms with E-state index in [1.807, 2.05) is 30.9 Å². The van der Waals surface area contributed by atoms with Crippen molar-refractivity contribution in [2.75, 3.05) is 13.1 Å². The number of carbonyl (C=O) groups excluding carboxylic acids is 1. The molecule has 0 unspecified atom stereocenters. The highest BCUT2D eigenvalue weighted by Crippen LogP contribution is 2.45. The average molecular weight is 293 g/mol. The highest BCUT2D eigenvalue weighted by molar-refractivity contribution is 7.67. The van der Waals surface area contributed by atoms with E-state index in [9.17, 15) is 4.79 Å². The summed E-state index contributed by atoms with van der Waals surface area (Å²) in [6, 6.07) is 8.20. The lowest BCUT2D eigenvalue weighted by molar-refractivity contribution is 0.0774. The summed E-state index contributed by atoms with van der Waals surface area (Å²) >= 11 is 0. The largest absolute Gasteiger partial charge is 0.339 e. The summed E-state index contributed by atoms with van der Waals surface area (Å²) < 4.78 is 0. The summed E-state index contributed by atoms with van der Waals surface area (Å²) in [7, 11) is -0.309. The third-order valence-electron chi connectivity index (χ3n) is 3.58. The van der Waals surface area contributed by atoms with Gasteiger partial charge in [0.05, 0.1) is 0 Å². The maximum absolute atomic E-state index is 12.7. The molecule has 1 aromatic rings. The Labute approximate surface area is 125 Å². The second kappa shape index (κ2) is 7.78. The van der Waals surface area contributed by atoms with E-state index in [0.29, 0.717) is 11.3 Å². The van der Waals surface area contributed by atoms with Crippen molar-refractivity contribution in [1.82, 2.24) is 4.90 Å². The molecule has 0 saturated heterocycles. The van der Waals surface area contributed by atoms with E-state index in [2.05, 4.69) is 39.8 Å². The molecular formula is C17H28NOP. The molecule has 112 valence electrons. The van der Waals surface area contributed by atoms with E-state index >= 15 is 0 Å². The Bertz CT molecular complexity index is 430. The lowest BCUT2D eigenvalue weighted by Crippen LogP contribution is -2.34. The molecule has 0 heterocycles. The number of benzene rings is 1. The van der Waals surface area contributed by atoms with Crippen LogP contribution in [-0.4, -0.2) is 35.2 Å². The first kappa shape index (κ1) is 17.2. The molecule has 1 amide bonds. The summed E-state index contributed by atoms with van der Waals surface area (Å²) in [5.74, 6) is 0.180. The molecule has 2 nitrogen and oxygen atoms in total. The topological polar surface area (TPSA) is 20.3 Å². The van der Waals surface area contributed by atoms with Crippen LogP contribution in [0.25, 0.3) is 0 Å². The molecule has 0 N–H and O–H groups in total. The molecule has 1 aromatic carbocycles. The van der Waals surface area contributed by atoms with Crippen LogP contribution in [0.3, 0.4) is 0 Å². The number of amides is 1. The predicted molar refractivity (Wildman–Crippen MR) is 90.5 cm³/mol. The molecule has 0 radical (unpaired) electrons. The summed E-state index contributed by atoms with van der Waals surface area (Å²) in [5, 5.41) is 1.27. The first-order chi connectivity index (χ1) is 9.43. The number of nitrogens with zero attached hydrogens (tertiary/aromatic N) is 1. The molecule has 0 aliphatic rings. The van der Waals surface area contributed by atoms with E-state index in [1.165, 1.54) is 5.30 Å². The van der Waals surface area contributed by atoms with Crippen molar-refractivity contribution in [1.29, 1.82) is 0 Å². The molecule has 0 spiro atoms. The molecule has 0 aliphatic heterocycles. The van der Waals surface area contributed by atoms with Crippen LogP contribution in [0, 0.1) is 0 Å². The molecule has 1 rings (SSSR count). The zero-order valence-corrected chi connectivity index (χ0v) is 14.6. The van der Waals surface area contributed by atoms with Crippen molar-refractivity contribution in [3.05, 3.63) is 29.8 Å². The van der Waals surface area contributed by atoms with Gasteiger partial charge in [-0.05, 0) is 36.5 Å². The average Bonchev–Trinajstić information content (AvgIpc) is 2.39. The molecule has 0 atom stereocenters. The zero-order chi connectivity index (χ0) is 15.3. The maximum atomic E-state index is 12.7. The van der Waals surface area contributed by atoms with Gasteiger partial charge in [-0.15, -0.1) is 0 Å². The Morgan fingerprint density at radius 3 is 2.00 bits per heavy atom. The normalized spacial score (nSPS) is 11.4. The summed E-state index contributed by atoms with van der Waals surface area (Å²) in [5.41, 5.74) is 2.09. The van der Waals surface area contributed by atoms with Gasteiger partial charge in [0.25, 0.3) is 5.91 Å². The number of carbonyl (C=O) groups is 1. The quantitative estimate of drug-likeness (QED) is 0.723. The Hall–Kier alpha value is -0.880. The van der Waals surface area contributed by atoms with Crippen LogP contribution in [0.2, 0.25) is 0 Å². The van der Waals surface area contributed by atoms with Gasteiger partial charge in [0.15, 0.2) is 0 Å². The van der Waals surface area contributed by atoms with Gasteiger partial charge < -0.3 is 4.90 Å². The van der Waals surface area contributed by atoms with E-state index in [-0.39, 0.29) is 13.8 Å². The standard InChI is InChI=1S/C17H28NOP/c1-7-18(8-2)17(19)15-11-9-10-12-16(15)20(13(3)4)14(5)6/h9-14H,7-8H2,1-6H3. The van der Waals surface area contributed by atoms with Crippen molar-refractivity contribution in [2.45, 2.75) is 52.9 Å². The fourth-order valence-corrected chi connectivity index (χ4v) is 5.73. The van der Waals surface area contributed by atoms with Crippen molar-refractivity contribution in [3.63, 3.8) is 0 Å². The van der Waals surface area contributed by atoms with Crippen LogP contribution in [0.1, 0.15) is 51.9 Å². The monoisotopic (exact) mass is 293 g/mol. The fourth-order valence-electron chi connectivity index (χ4n) is 2.71. The molecule has 0 aliphatic carbocycles. The minimum Gasteiger partial charge on any atom is -0.339 e. The third kappa shape index (κ3) is 3.82. The summed E-state index contributed by atoms with van der Waals surface area (Å²) in [4.78, 5) is 14.6. The van der Waals surface area contributed by atoms with Crippen molar-refractivity contribution in [2.24, 2.45) is 0 Å². The Kier molecular flexibility index (Phi) is 6.68. The SMILES string of the molecule is CCN(CC)C(=O)c1ccccc1P(C(C)C)C(C)C. The van der Waals surface area contributed by atoms with Gasteiger partial charge in [0.1, 0.15) is 0 Å². The fraction of sp³-hybridized carbons (Fsp3) is 0.588. The van der Waals surface area contributed by atoms with Gasteiger partial charge in [-0.1, -0.05) is 53.8 Å². The number of hydrogen-bond acceptors (Lipinski definition) is 1.